The summed E-state index contributed by atoms with van der Waals surface area (Å²) in [6.45, 7) is 9.51. The van der Waals surface area contributed by atoms with E-state index in [4.69, 9.17) is 0 Å². The van der Waals surface area contributed by atoms with Crippen molar-refractivity contribution in [3.63, 3.8) is 0 Å². The minimum absolute atomic E-state index is 1.03. The number of hydrogen-bond acceptors (Lipinski definition) is 2. The minimum atomic E-state index is 1.03. The van der Waals surface area contributed by atoms with Crippen molar-refractivity contribution in [1.82, 2.24) is 10.6 Å². The van der Waals surface area contributed by atoms with Crippen molar-refractivity contribution in [2.45, 2.75) is 20.3 Å². The summed E-state index contributed by atoms with van der Waals surface area (Å²) >= 11 is 0. The average molecular weight is 129 g/mol. The van der Waals surface area contributed by atoms with Crippen molar-refractivity contribution in [2.75, 3.05) is 19.6 Å². The van der Waals surface area contributed by atoms with Crippen LogP contribution < -0.4 is 10.6 Å². The van der Waals surface area contributed by atoms with Crippen LogP contribution in [0.3, 0.4) is 0 Å². The van der Waals surface area contributed by atoms with E-state index < -0.39 is 0 Å². The van der Waals surface area contributed by atoms with Crippen LogP contribution in [-0.2, 0) is 0 Å². The van der Waals surface area contributed by atoms with E-state index in [1.807, 2.05) is 0 Å². The molecule has 55 valence electrons. The maximum atomic E-state index is 3.24. The van der Waals surface area contributed by atoms with Crippen LogP contribution in [0, 0.1) is 6.54 Å². The molecule has 0 unspecified atom stereocenters. The fourth-order valence-corrected chi connectivity index (χ4v) is 0.597. The monoisotopic (exact) mass is 129 g/mol. The lowest BCUT2D eigenvalue weighted by Crippen LogP contribution is -2.17. The Morgan fingerprint density at radius 1 is 1.22 bits per heavy atom. The molecule has 0 rings (SSSR count). The lowest BCUT2D eigenvalue weighted by atomic mass is 10.4. The van der Waals surface area contributed by atoms with Gasteiger partial charge in [-0.15, -0.1) is 0 Å². The Bertz CT molecular complexity index is 40.2. The van der Waals surface area contributed by atoms with Crippen LogP contribution in [0.15, 0.2) is 0 Å². The van der Waals surface area contributed by atoms with Gasteiger partial charge in [0.1, 0.15) is 0 Å². The molecule has 0 aromatic rings. The van der Waals surface area contributed by atoms with E-state index >= 15 is 0 Å². The molecule has 0 atom stereocenters. The van der Waals surface area contributed by atoms with Gasteiger partial charge in [-0.05, 0) is 26.1 Å². The second-order valence-corrected chi connectivity index (χ2v) is 1.90. The molecular weight excluding hydrogens is 112 g/mol. The van der Waals surface area contributed by atoms with Crippen LogP contribution in [0.25, 0.3) is 0 Å². The van der Waals surface area contributed by atoms with Gasteiger partial charge in [0.2, 0.25) is 0 Å². The van der Waals surface area contributed by atoms with Crippen molar-refractivity contribution < 1.29 is 0 Å². The Morgan fingerprint density at radius 3 is 2.56 bits per heavy atom. The van der Waals surface area contributed by atoms with Crippen LogP contribution in [0.1, 0.15) is 20.3 Å². The van der Waals surface area contributed by atoms with Crippen LogP contribution in [0.4, 0.5) is 0 Å². The van der Waals surface area contributed by atoms with E-state index in [0.717, 1.165) is 26.1 Å². The first-order valence-corrected chi connectivity index (χ1v) is 3.67. The highest BCUT2D eigenvalue weighted by Crippen LogP contribution is 1.77. The van der Waals surface area contributed by atoms with E-state index in [9.17, 15) is 0 Å². The molecule has 0 aliphatic rings. The molecule has 0 heterocycles. The van der Waals surface area contributed by atoms with E-state index in [-0.39, 0.29) is 0 Å². The van der Waals surface area contributed by atoms with Gasteiger partial charge in [-0.25, -0.2) is 0 Å². The highest BCUT2D eigenvalue weighted by atomic mass is 14.9. The van der Waals surface area contributed by atoms with Crippen LogP contribution in [-0.4, -0.2) is 19.6 Å². The molecule has 1 radical (unpaired) electrons. The molecule has 0 spiro atoms. The summed E-state index contributed by atoms with van der Waals surface area (Å²) in [6, 6.07) is 0. The van der Waals surface area contributed by atoms with Gasteiger partial charge in [-0.3, -0.25) is 0 Å². The zero-order valence-corrected chi connectivity index (χ0v) is 6.41. The summed E-state index contributed by atoms with van der Waals surface area (Å²) < 4.78 is 0. The smallest absolute Gasteiger partial charge is 0.0233 e. The van der Waals surface area contributed by atoms with Crippen molar-refractivity contribution in [2.24, 2.45) is 0 Å². The second-order valence-electron chi connectivity index (χ2n) is 1.90. The van der Waals surface area contributed by atoms with Gasteiger partial charge in [0, 0.05) is 6.54 Å². The largest absolute Gasteiger partial charge is 0.317 e. The molecule has 2 nitrogen and oxygen atoms in total. The van der Waals surface area contributed by atoms with Crippen LogP contribution in [0.5, 0.6) is 0 Å². The zero-order chi connectivity index (χ0) is 6.95. The third-order valence-corrected chi connectivity index (χ3v) is 1.06. The molecule has 0 aliphatic carbocycles. The normalized spacial score (nSPS) is 10.0. The van der Waals surface area contributed by atoms with Gasteiger partial charge in [0.05, 0.1) is 0 Å². The van der Waals surface area contributed by atoms with Gasteiger partial charge >= 0.3 is 0 Å². The Hall–Kier alpha value is -0.0800. The summed E-state index contributed by atoms with van der Waals surface area (Å²) in [5.74, 6) is 0. The third-order valence-electron chi connectivity index (χ3n) is 1.06. The SMILES string of the molecule is CCN[CH]CCNCC. The van der Waals surface area contributed by atoms with Gasteiger partial charge in [-0.2, -0.15) is 0 Å². The summed E-state index contributed by atoms with van der Waals surface area (Å²) in [7, 11) is 0. The summed E-state index contributed by atoms with van der Waals surface area (Å²) in [5, 5.41) is 6.38. The van der Waals surface area contributed by atoms with E-state index in [2.05, 4.69) is 31.0 Å². The molecule has 0 amide bonds. The van der Waals surface area contributed by atoms with Gasteiger partial charge in [0.25, 0.3) is 0 Å². The summed E-state index contributed by atoms with van der Waals surface area (Å²) in [6.07, 6.45) is 1.11. The van der Waals surface area contributed by atoms with Gasteiger partial charge in [-0.1, -0.05) is 13.8 Å². The fraction of sp³-hybridized carbons (Fsp3) is 0.857. The number of rotatable bonds is 6. The highest BCUT2D eigenvalue weighted by molar-refractivity contribution is 4.60. The standard InChI is InChI=1S/C7H17N2/c1-3-8-6-5-7-9-4-2/h6,8-9H,3-5,7H2,1-2H3. The third kappa shape index (κ3) is 7.92. The molecule has 0 fully saturated rings. The first-order chi connectivity index (χ1) is 4.41. The van der Waals surface area contributed by atoms with Crippen molar-refractivity contribution >= 4 is 0 Å². The average Bonchev–Trinajstić information content (AvgIpc) is 1.89. The van der Waals surface area contributed by atoms with Crippen molar-refractivity contribution in [1.29, 1.82) is 0 Å². The number of nitrogens with one attached hydrogen (secondary N) is 2. The fourth-order valence-electron chi connectivity index (χ4n) is 0.597. The maximum absolute atomic E-state index is 3.24. The molecule has 0 saturated heterocycles. The Balaban J connectivity index is 2.60. The summed E-state index contributed by atoms with van der Waals surface area (Å²) in [5.41, 5.74) is 0. The van der Waals surface area contributed by atoms with Crippen LogP contribution >= 0.6 is 0 Å². The van der Waals surface area contributed by atoms with Gasteiger partial charge in [0.15, 0.2) is 0 Å². The minimum Gasteiger partial charge on any atom is -0.317 e. The molecule has 0 bridgehead atoms. The van der Waals surface area contributed by atoms with E-state index in [1.165, 1.54) is 0 Å². The second kappa shape index (κ2) is 7.92. The lowest BCUT2D eigenvalue weighted by molar-refractivity contribution is 0.674. The topological polar surface area (TPSA) is 24.1 Å². The molecule has 0 saturated carbocycles. The molecular formula is C7H17N2. The Morgan fingerprint density at radius 2 is 2.00 bits per heavy atom. The summed E-state index contributed by atoms with van der Waals surface area (Å²) in [4.78, 5) is 0. The molecule has 9 heavy (non-hydrogen) atoms. The molecule has 0 aromatic heterocycles. The molecule has 2 heteroatoms. The highest BCUT2D eigenvalue weighted by Gasteiger charge is 1.83. The predicted octanol–water partition coefficient (Wildman–Crippen LogP) is 0.757. The van der Waals surface area contributed by atoms with Gasteiger partial charge < -0.3 is 10.6 Å². The first kappa shape index (κ1) is 8.92. The Labute approximate surface area is 58.0 Å². The molecule has 0 aromatic carbocycles. The number of hydrogen-bond donors (Lipinski definition) is 2. The lowest BCUT2D eigenvalue weighted by Gasteiger charge is -2.00. The Kier molecular flexibility index (Phi) is 7.85. The van der Waals surface area contributed by atoms with Crippen molar-refractivity contribution in [3.05, 3.63) is 6.54 Å². The van der Waals surface area contributed by atoms with E-state index in [0.29, 0.717) is 0 Å². The zero-order valence-electron chi connectivity index (χ0n) is 6.41. The predicted molar refractivity (Wildman–Crippen MR) is 41.1 cm³/mol. The maximum Gasteiger partial charge on any atom is 0.0233 e. The van der Waals surface area contributed by atoms with Crippen LogP contribution in [0.2, 0.25) is 0 Å². The first-order valence-electron chi connectivity index (χ1n) is 3.67. The van der Waals surface area contributed by atoms with Crippen molar-refractivity contribution in [3.8, 4) is 0 Å². The van der Waals surface area contributed by atoms with E-state index in [1.54, 1.807) is 0 Å². The molecule has 2 N–H and O–H groups in total. The quantitative estimate of drug-likeness (QED) is 0.517. The molecule has 0 aliphatic heterocycles.